The molecule has 0 fully saturated rings. The van der Waals surface area contributed by atoms with Crippen LogP contribution < -0.4 is 0 Å². The molecular weight excluding hydrogens is 440 g/mol. The lowest BCUT2D eigenvalue weighted by Gasteiger charge is -2.12. The van der Waals surface area contributed by atoms with Gasteiger partial charge in [0, 0.05) is 12.8 Å². The molecule has 0 radical (unpaired) electrons. The topological polar surface area (TPSA) is 105 Å². The summed E-state index contributed by atoms with van der Waals surface area (Å²) in [7, 11) is 0. The third-order valence-electron chi connectivity index (χ3n) is 4.65. The van der Waals surface area contributed by atoms with Crippen molar-refractivity contribution in [3.05, 3.63) is 0 Å². The fourth-order valence-corrected chi connectivity index (χ4v) is 2.95. The Hall–Kier alpha value is -2.12. The predicted molar refractivity (Wildman–Crippen MR) is 131 cm³/mol. The van der Waals surface area contributed by atoms with Crippen molar-refractivity contribution in [2.24, 2.45) is 0 Å². The Balaban J connectivity index is 0. The molecule has 0 aromatic heterocycles. The van der Waals surface area contributed by atoms with Crippen molar-refractivity contribution in [2.45, 2.75) is 131 Å². The minimum Gasteiger partial charge on any atom is -0.466 e. The minimum absolute atomic E-state index is 0.132. The lowest BCUT2D eigenvalue weighted by molar-refractivity contribution is -0.156. The summed E-state index contributed by atoms with van der Waals surface area (Å²) in [5, 5.41) is 0. The Morgan fingerprint density at radius 3 is 1.26 bits per heavy atom. The average Bonchev–Trinajstić information content (AvgIpc) is 2.74. The van der Waals surface area contributed by atoms with Gasteiger partial charge in [0.1, 0.15) is 12.2 Å². The molecule has 0 unspecified atom stereocenters. The SMILES string of the molecule is CCCCCC(=O)O[C@H](C)CC(=O)OCC.CCCCCCCC(=O)O[C@H](C)CC(=O)OCC. The van der Waals surface area contributed by atoms with E-state index in [1.165, 1.54) is 19.3 Å². The van der Waals surface area contributed by atoms with Crippen molar-refractivity contribution >= 4 is 23.9 Å². The van der Waals surface area contributed by atoms with E-state index in [9.17, 15) is 19.2 Å². The van der Waals surface area contributed by atoms with Crippen molar-refractivity contribution in [2.75, 3.05) is 13.2 Å². The maximum atomic E-state index is 11.5. The molecule has 0 saturated heterocycles. The molecule has 8 nitrogen and oxygen atoms in total. The van der Waals surface area contributed by atoms with Crippen LogP contribution in [0.3, 0.4) is 0 Å². The summed E-state index contributed by atoms with van der Waals surface area (Å²) in [6.45, 7) is 11.9. The number of hydrogen-bond donors (Lipinski definition) is 0. The van der Waals surface area contributed by atoms with E-state index in [0.29, 0.717) is 26.1 Å². The zero-order valence-corrected chi connectivity index (χ0v) is 22.3. The van der Waals surface area contributed by atoms with Crippen LogP contribution in [0.4, 0.5) is 0 Å². The second-order valence-electron chi connectivity index (χ2n) is 8.24. The molecule has 0 aromatic carbocycles. The van der Waals surface area contributed by atoms with Crippen LogP contribution in [0.5, 0.6) is 0 Å². The molecule has 0 rings (SSSR count). The molecule has 0 aromatic rings. The van der Waals surface area contributed by atoms with Gasteiger partial charge >= 0.3 is 23.9 Å². The number of carbonyl (C=O) groups is 4. The van der Waals surface area contributed by atoms with Gasteiger partial charge in [0.15, 0.2) is 0 Å². The van der Waals surface area contributed by atoms with Crippen molar-refractivity contribution in [1.29, 1.82) is 0 Å². The molecule has 0 N–H and O–H groups in total. The van der Waals surface area contributed by atoms with Gasteiger partial charge in [-0.05, 0) is 40.5 Å². The standard InChI is InChI=1S/C14H26O4.C12H22O4/c1-4-6-7-8-9-10-13(15)18-12(3)11-14(16)17-5-2;1-4-6-7-8-11(13)16-10(3)9-12(14)15-5-2/h12H,4-11H2,1-3H3;10H,4-9H2,1-3H3/t12-;10-/m11/s1. The first-order valence-corrected chi connectivity index (χ1v) is 12.9. The highest BCUT2D eigenvalue weighted by molar-refractivity contribution is 5.73. The first-order valence-electron chi connectivity index (χ1n) is 12.9. The van der Waals surface area contributed by atoms with Gasteiger partial charge in [-0.15, -0.1) is 0 Å². The van der Waals surface area contributed by atoms with Crippen LogP contribution >= 0.6 is 0 Å². The smallest absolute Gasteiger partial charge is 0.309 e. The van der Waals surface area contributed by atoms with Gasteiger partial charge in [0.2, 0.25) is 0 Å². The Bertz CT molecular complexity index is 547. The zero-order valence-electron chi connectivity index (χ0n) is 22.3. The van der Waals surface area contributed by atoms with E-state index in [-0.39, 0.29) is 36.7 Å². The Kier molecular flexibility index (Phi) is 24.1. The lowest BCUT2D eigenvalue weighted by atomic mass is 10.1. The van der Waals surface area contributed by atoms with Gasteiger partial charge in [-0.2, -0.15) is 0 Å². The Morgan fingerprint density at radius 2 is 0.882 bits per heavy atom. The number of esters is 4. The number of hydrogen-bond acceptors (Lipinski definition) is 8. The van der Waals surface area contributed by atoms with Gasteiger partial charge in [-0.25, -0.2) is 0 Å². The molecule has 34 heavy (non-hydrogen) atoms. The van der Waals surface area contributed by atoms with Crippen LogP contribution in [-0.2, 0) is 38.1 Å². The molecule has 0 heterocycles. The summed E-state index contributed by atoms with van der Waals surface area (Å²) >= 11 is 0. The zero-order chi connectivity index (χ0) is 26.2. The quantitative estimate of drug-likeness (QED) is 0.138. The lowest BCUT2D eigenvalue weighted by Crippen LogP contribution is -2.19. The van der Waals surface area contributed by atoms with Crippen LogP contribution in [-0.4, -0.2) is 49.3 Å². The normalized spacial score (nSPS) is 11.9. The summed E-state index contributed by atoms with van der Waals surface area (Å²) in [6.07, 6.45) is 8.81. The third-order valence-corrected chi connectivity index (χ3v) is 4.65. The molecule has 0 saturated carbocycles. The number of carbonyl (C=O) groups excluding carboxylic acids is 4. The predicted octanol–water partition coefficient (Wildman–Crippen LogP) is 5.68. The van der Waals surface area contributed by atoms with Crippen LogP contribution in [0.1, 0.15) is 119 Å². The monoisotopic (exact) mass is 488 g/mol. The van der Waals surface area contributed by atoms with Gasteiger partial charge in [-0.1, -0.05) is 52.4 Å². The molecule has 0 aliphatic rings. The maximum Gasteiger partial charge on any atom is 0.309 e. The summed E-state index contributed by atoms with van der Waals surface area (Å²) in [4.78, 5) is 45.0. The highest BCUT2D eigenvalue weighted by Gasteiger charge is 2.15. The molecule has 200 valence electrons. The van der Waals surface area contributed by atoms with Crippen molar-refractivity contribution in [3.63, 3.8) is 0 Å². The highest BCUT2D eigenvalue weighted by atomic mass is 16.6. The van der Waals surface area contributed by atoms with E-state index in [0.717, 1.165) is 32.1 Å². The fraction of sp³-hybridized carbons (Fsp3) is 0.846. The highest BCUT2D eigenvalue weighted by Crippen LogP contribution is 2.08. The summed E-state index contributed by atoms with van der Waals surface area (Å²) in [6, 6.07) is 0. The van der Waals surface area contributed by atoms with Crippen molar-refractivity contribution in [1.82, 2.24) is 0 Å². The summed E-state index contributed by atoms with van der Waals surface area (Å²) in [5.74, 6) is -1.09. The second kappa shape index (κ2) is 24.0. The van der Waals surface area contributed by atoms with Gasteiger partial charge in [-0.3, -0.25) is 19.2 Å². The van der Waals surface area contributed by atoms with Crippen LogP contribution in [0.15, 0.2) is 0 Å². The fourth-order valence-electron chi connectivity index (χ4n) is 2.95. The summed E-state index contributed by atoms with van der Waals surface area (Å²) < 4.78 is 19.8. The molecule has 0 bridgehead atoms. The van der Waals surface area contributed by atoms with E-state index in [1.807, 2.05) is 0 Å². The van der Waals surface area contributed by atoms with E-state index in [2.05, 4.69) is 13.8 Å². The minimum atomic E-state index is -0.396. The second-order valence-corrected chi connectivity index (χ2v) is 8.24. The van der Waals surface area contributed by atoms with Crippen LogP contribution in [0.25, 0.3) is 0 Å². The number of unbranched alkanes of at least 4 members (excludes halogenated alkanes) is 6. The Labute approximate surface area is 206 Å². The number of ether oxygens (including phenoxy) is 4. The largest absolute Gasteiger partial charge is 0.466 e. The average molecular weight is 489 g/mol. The van der Waals surface area contributed by atoms with E-state index in [1.54, 1.807) is 27.7 Å². The van der Waals surface area contributed by atoms with E-state index >= 15 is 0 Å². The molecule has 8 heteroatoms. The molecule has 0 amide bonds. The molecule has 0 spiro atoms. The van der Waals surface area contributed by atoms with Crippen LogP contribution in [0.2, 0.25) is 0 Å². The molecule has 0 aliphatic carbocycles. The first-order chi connectivity index (χ1) is 16.2. The summed E-state index contributed by atoms with van der Waals surface area (Å²) in [5.41, 5.74) is 0. The van der Waals surface area contributed by atoms with Gasteiger partial charge in [0.25, 0.3) is 0 Å². The van der Waals surface area contributed by atoms with Crippen molar-refractivity contribution in [3.8, 4) is 0 Å². The molecule has 2 atom stereocenters. The molecular formula is C26H48O8. The van der Waals surface area contributed by atoms with Crippen LogP contribution in [0, 0.1) is 0 Å². The first kappa shape index (κ1) is 34.0. The molecule has 0 aliphatic heterocycles. The Morgan fingerprint density at radius 1 is 0.529 bits per heavy atom. The number of rotatable bonds is 18. The van der Waals surface area contributed by atoms with Gasteiger partial charge in [0.05, 0.1) is 26.1 Å². The van der Waals surface area contributed by atoms with E-state index < -0.39 is 12.2 Å². The third kappa shape index (κ3) is 24.5. The maximum absolute atomic E-state index is 11.5. The van der Waals surface area contributed by atoms with Crippen molar-refractivity contribution < 1.29 is 38.1 Å². The van der Waals surface area contributed by atoms with E-state index in [4.69, 9.17) is 18.9 Å². The van der Waals surface area contributed by atoms with Gasteiger partial charge < -0.3 is 18.9 Å².